The number of rotatable bonds is 2. The van der Waals surface area contributed by atoms with Crippen LogP contribution in [0, 0.1) is 10.1 Å². The summed E-state index contributed by atoms with van der Waals surface area (Å²) in [6, 6.07) is 38.2. The van der Waals surface area contributed by atoms with Crippen molar-refractivity contribution in [2.45, 2.75) is 0 Å². The first-order valence-electron chi connectivity index (χ1n) is 12.6. The van der Waals surface area contributed by atoms with E-state index in [9.17, 15) is 10.1 Å². The minimum absolute atomic E-state index is 0.0795. The Balaban J connectivity index is 1.70. The van der Waals surface area contributed by atoms with Crippen LogP contribution in [0.25, 0.3) is 76.2 Å². The molecule has 0 amide bonds. The van der Waals surface area contributed by atoms with Gasteiger partial charge in [0, 0.05) is 33.2 Å². The number of hydrogen-bond donors (Lipinski definition) is 0. The number of para-hydroxylation sites is 1. The molecular weight excluding hydrogens is 470 g/mol. The van der Waals surface area contributed by atoms with Gasteiger partial charge in [-0.15, -0.1) is 0 Å². The van der Waals surface area contributed by atoms with Crippen LogP contribution >= 0.6 is 0 Å². The predicted molar refractivity (Wildman–Crippen MR) is 156 cm³/mol. The summed E-state index contributed by atoms with van der Waals surface area (Å²) in [6.07, 6.45) is 0. The van der Waals surface area contributed by atoms with E-state index >= 15 is 0 Å². The van der Waals surface area contributed by atoms with Crippen LogP contribution in [0.1, 0.15) is 0 Å². The van der Waals surface area contributed by atoms with E-state index in [4.69, 9.17) is 4.42 Å². The SMILES string of the molecule is O=[N+]([O-])c1ccccc1-c1cccc2oc3c(c4ccccc4c4c5ccccc5c5ccccc5c34)c12. The van der Waals surface area contributed by atoms with Gasteiger partial charge < -0.3 is 4.42 Å². The minimum atomic E-state index is -0.316. The molecule has 0 N–H and O–H groups in total. The molecule has 0 radical (unpaired) electrons. The standard InChI is InChI=1S/C34H19NO3/c36-35(37)28-18-8-7-12-22(28)25-17-9-19-29-31(25)33-27-16-6-5-15-26(27)30-23-13-3-1-10-20(23)21-11-2-4-14-24(21)32(30)34(33)38-29/h1-19H. The molecule has 0 saturated heterocycles. The van der Waals surface area contributed by atoms with Crippen molar-refractivity contribution in [2.75, 3.05) is 0 Å². The highest BCUT2D eigenvalue weighted by Gasteiger charge is 2.24. The summed E-state index contributed by atoms with van der Waals surface area (Å²) in [4.78, 5) is 11.7. The normalized spacial score (nSPS) is 11.9. The second-order valence-corrected chi connectivity index (χ2v) is 9.65. The molecule has 0 aliphatic carbocycles. The van der Waals surface area contributed by atoms with Crippen molar-refractivity contribution < 1.29 is 9.34 Å². The van der Waals surface area contributed by atoms with E-state index in [0.717, 1.165) is 48.9 Å². The van der Waals surface area contributed by atoms with E-state index in [1.54, 1.807) is 12.1 Å². The number of nitro benzene ring substituents is 1. The fraction of sp³-hybridized carbons (Fsp3) is 0. The molecule has 1 aromatic heterocycles. The zero-order chi connectivity index (χ0) is 25.4. The van der Waals surface area contributed by atoms with Gasteiger partial charge in [0.2, 0.25) is 0 Å². The molecule has 0 bridgehead atoms. The maximum Gasteiger partial charge on any atom is 0.277 e. The number of furan rings is 1. The topological polar surface area (TPSA) is 56.3 Å². The first-order valence-corrected chi connectivity index (χ1v) is 12.6. The Kier molecular flexibility index (Phi) is 4.21. The van der Waals surface area contributed by atoms with Crippen LogP contribution in [0.4, 0.5) is 5.69 Å². The lowest BCUT2D eigenvalue weighted by molar-refractivity contribution is -0.384. The summed E-state index contributed by atoms with van der Waals surface area (Å²) in [5, 5.41) is 23.0. The molecule has 4 heteroatoms. The maximum atomic E-state index is 12.0. The lowest BCUT2D eigenvalue weighted by Gasteiger charge is -2.14. The smallest absolute Gasteiger partial charge is 0.277 e. The third kappa shape index (κ3) is 2.69. The van der Waals surface area contributed by atoms with Gasteiger partial charge in [-0.1, -0.05) is 97.1 Å². The van der Waals surface area contributed by atoms with E-state index in [1.807, 2.05) is 36.4 Å². The molecule has 4 nitrogen and oxygen atoms in total. The summed E-state index contributed by atoms with van der Waals surface area (Å²) in [6.45, 7) is 0. The average molecular weight is 490 g/mol. The lowest BCUT2D eigenvalue weighted by Crippen LogP contribution is -1.92. The summed E-state index contributed by atoms with van der Waals surface area (Å²) in [5.74, 6) is 0. The largest absolute Gasteiger partial charge is 0.455 e. The van der Waals surface area contributed by atoms with E-state index in [1.165, 1.54) is 16.2 Å². The fourth-order valence-electron chi connectivity index (χ4n) is 6.24. The van der Waals surface area contributed by atoms with Crippen molar-refractivity contribution in [2.24, 2.45) is 0 Å². The highest BCUT2D eigenvalue weighted by atomic mass is 16.6. The summed E-state index contributed by atoms with van der Waals surface area (Å²) in [5.41, 5.74) is 2.98. The molecule has 0 fully saturated rings. The van der Waals surface area contributed by atoms with Crippen molar-refractivity contribution in [1.29, 1.82) is 0 Å². The second-order valence-electron chi connectivity index (χ2n) is 9.65. The Morgan fingerprint density at radius 2 is 0.947 bits per heavy atom. The Morgan fingerprint density at radius 3 is 1.61 bits per heavy atom. The predicted octanol–water partition coefficient (Wildman–Crippen LogP) is 9.77. The molecule has 7 aromatic carbocycles. The van der Waals surface area contributed by atoms with Crippen LogP contribution in [-0.4, -0.2) is 4.92 Å². The van der Waals surface area contributed by atoms with Crippen LogP contribution in [0.2, 0.25) is 0 Å². The van der Waals surface area contributed by atoms with Crippen molar-refractivity contribution in [3.63, 3.8) is 0 Å². The third-order valence-corrected chi connectivity index (χ3v) is 7.73. The average Bonchev–Trinajstić information content (AvgIpc) is 3.37. The number of hydrogen-bond acceptors (Lipinski definition) is 3. The molecule has 0 unspecified atom stereocenters. The summed E-state index contributed by atoms with van der Waals surface area (Å²) in [7, 11) is 0. The molecular formula is C34H19NO3. The van der Waals surface area contributed by atoms with Gasteiger partial charge >= 0.3 is 0 Å². The minimum Gasteiger partial charge on any atom is -0.455 e. The van der Waals surface area contributed by atoms with E-state index in [2.05, 4.69) is 66.7 Å². The molecule has 178 valence electrons. The third-order valence-electron chi connectivity index (χ3n) is 7.73. The van der Waals surface area contributed by atoms with Gasteiger partial charge in [-0.25, -0.2) is 0 Å². The molecule has 0 spiro atoms. The molecule has 0 aliphatic rings. The highest BCUT2D eigenvalue weighted by molar-refractivity contribution is 6.41. The first kappa shape index (κ1) is 20.9. The van der Waals surface area contributed by atoms with Gasteiger partial charge in [0.15, 0.2) is 0 Å². The van der Waals surface area contributed by atoms with E-state index in [0.29, 0.717) is 11.1 Å². The summed E-state index contributed by atoms with van der Waals surface area (Å²) < 4.78 is 6.72. The number of fused-ring (bicyclic) bond motifs is 13. The molecule has 0 atom stereocenters. The van der Waals surface area contributed by atoms with Crippen LogP contribution in [0.3, 0.4) is 0 Å². The Labute approximate surface area is 216 Å². The number of nitro groups is 1. The maximum absolute atomic E-state index is 12.0. The van der Waals surface area contributed by atoms with Crippen LogP contribution in [0.5, 0.6) is 0 Å². The van der Waals surface area contributed by atoms with Crippen LogP contribution in [-0.2, 0) is 0 Å². The molecule has 0 saturated carbocycles. The van der Waals surface area contributed by atoms with Crippen molar-refractivity contribution >= 4 is 70.7 Å². The molecule has 0 aliphatic heterocycles. The highest BCUT2D eigenvalue weighted by Crippen LogP contribution is 2.49. The Bertz CT molecular complexity index is 2280. The van der Waals surface area contributed by atoms with Gasteiger partial charge in [-0.05, 0) is 44.5 Å². The molecule has 38 heavy (non-hydrogen) atoms. The zero-order valence-electron chi connectivity index (χ0n) is 20.1. The molecule has 8 rings (SSSR count). The number of benzene rings is 7. The van der Waals surface area contributed by atoms with Gasteiger partial charge in [0.05, 0.1) is 10.5 Å². The quantitative estimate of drug-likeness (QED) is 0.138. The Morgan fingerprint density at radius 1 is 0.474 bits per heavy atom. The zero-order valence-corrected chi connectivity index (χ0v) is 20.1. The van der Waals surface area contributed by atoms with Gasteiger partial charge in [-0.3, -0.25) is 10.1 Å². The van der Waals surface area contributed by atoms with Gasteiger partial charge in [0.1, 0.15) is 11.2 Å². The van der Waals surface area contributed by atoms with Crippen molar-refractivity contribution in [1.82, 2.24) is 0 Å². The van der Waals surface area contributed by atoms with Crippen molar-refractivity contribution in [3.05, 3.63) is 125 Å². The molecule has 8 aromatic rings. The van der Waals surface area contributed by atoms with Crippen molar-refractivity contribution in [3.8, 4) is 11.1 Å². The van der Waals surface area contributed by atoms with E-state index in [-0.39, 0.29) is 10.6 Å². The van der Waals surface area contributed by atoms with Gasteiger partial charge in [-0.2, -0.15) is 0 Å². The lowest BCUT2D eigenvalue weighted by atomic mass is 9.88. The molecule has 1 heterocycles. The van der Waals surface area contributed by atoms with Crippen LogP contribution in [0.15, 0.2) is 120 Å². The van der Waals surface area contributed by atoms with Crippen LogP contribution < -0.4 is 0 Å². The Hall–Kier alpha value is -5.22. The fourth-order valence-corrected chi connectivity index (χ4v) is 6.24. The first-order chi connectivity index (χ1) is 18.7. The number of nitrogens with zero attached hydrogens (tertiary/aromatic N) is 1. The summed E-state index contributed by atoms with van der Waals surface area (Å²) >= 11 is 0. The monoisotopic (exact) mass is 489 g/mol. The van der Waals surface area contributed by atoms with Gasteiger partial charge in [0.25, 0.3) is 5.69 Å². The second kappa shape index (κ2) is 7.64. The van der Waals surface area contributed by atoms with E-state index < -0.39 is 0 Å².